The van der Waals surface area contributed by atoms with Crippen LogP contribution in [0.3, 0.4) is 0 Å². The number of carbonyl (C=O) groups is 1. The Hall–Kier alpha value is -2.82. The summed E-state index contributed by atoms with van der Waals surface area (Å²) in [6, 6.07) is 9.07. The van der Waals surface area contributed by atoms with Crippen LogP contribution in [-0.2, 0) is 21.3 Å². The van der Waals surface area contributed by atoms with Crippen molar-refractivity contribution in [3.63, 3.8) is 0 Å². The molecule has 1 aliphatic rings. The minimum Gasteiger partial charge on any atom is -0.408 e. The van der Waals surface area contributed by atoms with Gasteiger partial charge in [0.15, 0.2) is 11.4 Å². The number of morpholine rings is 1. The van der Waals surface area contributed by atoms with E-state index in [1.807, 2.05) is 0 Å². The van der Waals surface area contributed by atoms with E-state index in [2.05, 4.69) is 0 Å². The number of carbonyl (C=O) groups excluding carboxylic acids is 1. The van der Waals surface area contributed by atoms with Gasteiger partial charge in [0.2, 0.25) is 10.0 Å². The van der Waals surface area contributed by atoms with Crippen molar-refractivity contribution in [3.05, 3.63) is 64.4 Å². The molecule has 1 aliphatic heterocycles. The molecule has 0 unspecified atom stereocenters. The van der Waals surface area contributed by atoms with Crippen LogP contribution in [0.25, 0.3) is 11.1 Å². The average molecular weight is 420 g/mol. The maximum absolute atomic E-state index is 13.0. The van der Waals surface area contributed by atoms with E-state index in [9.17, 15) is 22.4 Å². The smallest absolute Gasteiger partial charge is 0.408 e. The van der Waals surface area contributed by atoms with Crippen molar-refractivity contribution in [2.75, 3.05) is 26.3 Å². The maximum Gasteiger partial charge on any atom is 0.420 e. The minimum atomic E-state index is -3.75. The first kappa shape index (κ1) is 19.5. The van der Waals surface area contributed by atoms with Crippen molar-refractivity contribution >= 4 is 26.9 Å². The lowest BCUT2D eigenvalue weighted by molar-refractivity contribution is 0.0730. The molecule has 0 atom stereocenters. The molecule has 1 aromatic heterocycles. The molecular formula is C19H17FN2O6S. The van der Waals surface area contributed by atoms with Gasteiger partial charge in [0.05, 0.1) is 30.2 Å². The van der Waals surface area contributed by atoms with Gasteiger partial charge in [0.1, 0.15) is 5.82 Å². The number of benzene rings is 2. The average Bonchev–Trinajstić information content (AvgIpc) is 3.03. The molecule has 0 aliphatic carbocycles. The molecule has 29 heavy (non-hydrogen) atoms. The second kappa shape index (κ2) is 7.54. The van der Waals surface area contributed by atoms with Crippen LogP contribution in [0, 0.1) is 5.82 Å². The summed E-state index contributed by atoms with van der Waals surface area (Å²) in [6.45, 7) is 0.818. The summed E-state index contributed by atoms with van der Waals surface area (Å²) in [7, 11) is -3.75. The predicted molar refractivity (Wildman–Crippen MR) is 101 cm³/mol. The molecule has 2 heterocycles. The van der Waals surface area contributed by atoms with Crippen LogP contribution in [0.5, 0.6) is 0 Å². The zero-order valence-corrected chi connectivity index (χ0v) is 16.0. The van der Waals surface area contributed by atoms with Gasteiger partial charge in [-0.1, -0.05) is 0 Å². The van der Waals surface area contributed by atoms with Gasteiger partial charge in [0, 0.05) is 24.7 Å². The Morgan fingerprint density at radius 1 is 1.07 bits per heavy atom. The number of hydrogen-bond donors (Lipinski definition) is 0. The number of Topliss-reactive ketones (excluding diaryl/α,β-unsaturated/α-hetero) is 1. The minimum absolute atomic E-state index is 0.00217. The molecule has 0 amide bonds. The number of aromatic nitrogens is 1. The molecule has 10 heteroatoms. The standard InChI is InChI=1S/C19H17FN2O6S/c20-14-3-1-13(2-4-14)17(23)12-22-16-6-5-15(11-18(16)28-19(22)24)29(25,26)21-7-9-27-10-8-21/h1-6,11H,7-10,12H2. The van der Waals surface area contributed by atoms with Crippen LogP contribution >= 0.6 is 0 Å². The van der Waals surface area contributed by atoms with Crippen LogP contribution in [-0.4, -0.2) is 49.4 Å². The molecule has 0 bridgehead atoms. The van der Waals surface area contributed by atoms with Crippen molar-refractivity contribution in [2.24, 2.45) is 0 Å². The number of rotatable bonds is 5. The quantitative estimate of drug-likeness (QED) is 0.582. The molecule has 1 fully saturated rings. The number of fused-ring (bicyclic) bond motifs is 1. The summed E-state index contributed by atoms with van der Waals surface area (Å²) < 4.78 is 51.3. The number of nitrogens with zero attached hydrogens (tertiary/aromatic N) is 2. The van der Waals surface area contributed by atoms with E-state index < -0.39 is 27.4 Å². The number of oxazole rings is 1. The van der Waals surface area contributed by atoms with Gasteiger partial charge >= 0.3 is 5.76 Å². The highest BCUT2D eigenvalue weighted by Crippen LogP contribution is 2.22. The number of halogens is 1. The normalized spacial score (nSPS) is 15.6. The Kier molecular flexibility index (Phi) is 5.07. The first-order valence-electron chi connectivity index (χ1n) is 8.86. The second-order valence-corrected chi connectivity index (χ2v) is 8.47. The first-order chi connectivity index (χ1) is 13.9. The SMILES string of the molecule is O=C(Cn1c(=O)oc2cc(S(=O)(=O)N3CCOCC3)ccc21)c1ccc(F)cc1. The van der Waals surface area contributed by atoms with Gasteiger partial charge in [-0.05, 0) is 36.4 Å². The Bertz CT molecular complexity index is 1220. The van der Waals surface area contributed by atoms with E-state index in [0.717, 1.165) is 16.7 Å². The summed E-state index contributed by atoms with van der Waals surface area (Å²) in [5.74, 6) is -1.65. The first-order valence-corrected chi connectivity index (χ1v) is 10.3. The Balaban J connectivity index is 1.65. The van der Waals surface area contributed by atoms with Crippen LogP contribution < -0.4 is 5.76 Å². The number of sulfonamides is 1. The Morgan fingerprint density at radius 3 is 2.45 bits per heavy atom. The number of hydrogen-bond acceptors (Lipinski definition) is 6. The van der Waals surface area contributed by atoms with Crippen molar-refractivity contribution in [2.45, 2.75) is 11.4 Å². The molecule has 0 spiro atoms. The van der Waals surface area contributed by atoms with Crippen LogP contribution in [0.2, 0.25) is 0 Å². The zero-order chi connectivity index (χ0) is 20.6. The lowest BCUT2D eigenvalue weighted by Crippen LogP contribution is -2.40. The molecule has 3 aromatic rings. The largest absolute Gasteiger partial charge is 0.420 e. The summed E-state index contributed by atoms with van der Waals surface area (Å²) in [5.41, 5.74) is 0.613. The number of ether oxygens (including phenoxy) is 1. The molecule has 152 valence electrons. The van der Waals surface area contributed by atoms with E-state index in [-0.39, 0.29) is 35.7 Å². The molecule has 0 N–H and O–H groups in total. The lowest BCUT2D eigenvalue weighted by atomic mass is 10.1. The monoisotopic (exact) mass is 420 g/mol. The summed E-state index contributed by atoms with van der Waals surface area (Å²) in [4.78, 5) is 24.6. The van der Waals surface area contributed by atoms with Crippen molar-refractivity contribution in [3.8, 4) is 0 Å². The van der Waals surface area contributed by atoms with Gasteiger partial charge in [-0.3, -0.25) is 9.36 Å². The highest BCUT2D eigenvalue weighted by atomic mass is 32.2. The van der Waals surface area contributed by atoms with E-state index in [1.165, 1.54) is 34.6 Å². The summed E-state index contributed by atoms with van der Waals surface area (Å²) in [6.07, 6.45) is 0. The predicted octanol–water partition coefficient (Wildman–Crippen LogP) is 1.64. The molecule has 0 saturated carbocycles. The topological polar surface area (TPSA) is 98.8 Å². The van der Waals surface area contributed by atoms with E-state index >= 15 is 0 Å². The van der Waals surface area contributed by atoms with E-state index in [1.54, 1.807) is 0 Å². The number of ketones is 1. The summed E-state index contributed by atoms with van der Waals surface area (Å²) in [5, 5.41) is 0. The molecular weight excluding hydrogens is 403 g/mol. The van der Waals surface area contributed by atoms with Crippen molar-refractivity contribution < 1.29 is 26.8 Å². The summed E-state index contributed by atoms with van der Waals surface area (Å²) >= 11 is 0. The Morgan fingerprint density at radius 2 is 1.76 bits per heavy atom. The van der Waals surface area contributed by atoms with Gasteiger partial charge in [-0.25, -0.2) is 17.6 Å². The Labute approximate surface area is 165 Å². The highest BCUT2D eigenvalue weighted by molar-refractivity contribution is 7.89. The van der Waals surface area contributed by atoms with Gasteiger partial charge in [0.25, 0.3) is 0 Å². The highest BCUT2D eigenvalue weighted by Gasteiger charge is 2.27. The third-order valence-corrected chi connectivity index (χ3v) is 6.61. The van der Waals surface area contributed by atoms with Gasteiger partial charge in [-0.15, -0.1) is 0 Å². The van der Waals surface area contributed by atoms with Crippen LogP contribution in [0.1, 0.15) is 10.4 Å². The molecule has 2 aromatic carbocycles. The molecule has 8 nitrogen and oxygen atoms in total. The maximum atomic E-state index is 13.0. The van der Waals surface area contributed by atoms with Gasteiger partial charge < -0.3 is 9.15 Å². The van der Waals surface area contributed by atoms with E-state index in [4.69, 9.17) is 9.15 Å². The van der Waals surface area contributed by atoms with Crippen molar-refractivity contribution in [1.29, 1.82) is 0 Å². The molecule has 4 rings (SSSR count). The second-order valence-electron chi connectivity index (χ2n) is 6.53. The molecule has 1 saturated heterocycles. The fourth-order valence-electron chi connectivity index (χ4n) is 3.16. The zero-order valence-electron chi connectivity index (χ0n) is 15.2. The fourth-order valence-corrected chi connectivity index (χ4v) is 4.59. The molecule has 0 radical (unpaired) electrons. The fraction of sp³-hybridized carbons (Fsp3) is 0.263. The van der Waals surface area contributed by atoms with Crippen LogP contribution in [0.4, 0.5) is 4.39 Å². The third kappa shape index (κ3) is 3.74. The van der Waals surface area contributed by atoms with Gasteiger partial charge in [-0.2, -0.15) is 4.31 Å². The van der Waals surface area contributed by atoms with Crippen LogP contribution in [0.15, 0.2) is 56.6 Å². The van der Waals surface area contributed by atoms with Crippen molar-refractivity contribution in [1.82, 2.24) is 8.87 Å². The third-order valence-electron chi connectivity index (χ3n) is 4.72. The van der Waals surface area contributed by atoms with E-state index in [0.29, 0.717) is 18.7 Å². The lowest BCUT2D eigenvalue weighted by Gasteiger charge is -2.25.